The highest BCUT2D eigenvalue weighted by atomic mass is 16.2. The van der Waals surface area contributed by atoms with Gasteiger partial charge in [0.25, 0.3) is 0 Å². The maximum Gasteiger partial charge on any atom is 0.231 e. The van der Waals surface area contributed by atoms with Crippen molar-refractivity contribution >= 4 is 5.91 Å². The first-order valence-corrected chi connectivity index (χ1v) is 10.5. The van der Waals surface area contributed by atoms with E-state index < -0.39 is 0 Å². The minimum Gasteiger partial charge on any atom is -0.338 e. The summed E-state index contributed by atoms with van der Waals surface area (Å²) in [5.74, 6) is 0.567. The van der Waals surface area contributed by atoms with Crippen molar-refractivity contribution in [2.24, 2.45) is 5.92 Å². The van der Waals surface area contributed by atoms with Crippen LogP contribution >= 0.6 is 0 Å². The van der Waals surface area contributed by atoms with Gasteiger partial charge in [0.1, 0.15) is 6.54 Å². The van der Waals surface area contributed by atoms with Gasteiger partial charge in [-0.25, -0.2) is 0 Å². The summed E-state index contributed by atoms with van der Waals surface area (Å²) in [5, 5.41) is 0. The van der Waals surface area contributed by atoms with Crippen molar-refractivity contribution in [2.75, 3.05) is 19.6 Å². The fourth-order valence-corrected chi connectivity index (χ4v) is 4.65. The van der Waals surface area contributed by atoms with Crippen LogP contribution in [-0.2, 0) is 30.7 Å². The molecule has 4 rings (SSSR count). The molecular weight excluding hydrogens is 332 g/mol. The maximum absolute atomic E-state index is 13.2. The monoisotopic (exact) mass is 363 g/mol. The van der Waals surface area contributed by atoms with E-state index in [1.807, 2.05) is 0 Å². The predicted octanol–water partition coefficient (Wildman–Crippen LogP) is 2.63. The summed E-state index contributed by atoms with van der Waals surface area (Å²) in [6, 6.07) is 17.6. The molecule has 2 aliphatic heterocycles. The van der Waals surface area contributed by atoms with E-state index in [9.17, 15) is 4.79 Å². The van der Waals surface area contributed by atoms with E-state index in [0.29, 0.717) is 5.91 Å². The molecule has 142 valence electrons. The van der Waals surface area contributed by atoms with Crippen LogP contribution in [0.1, 0.15) is 42.0 Å². The van der Waals surface area contributed by atoms with Crippen LogP contribution < -0.4 is 4.90 Å². The number of hydrogen-bond acceptors (Lipinski definition) is 1. The molecule has 1 N–H and O–H groups in total. The number of nitrogens with zero attached hydrogens (tertiary/aromatic N) is 1. The number of quaternary nitrogens is 1. The molecule has 2 atom stereocenters. The van der Waals surface area contributed by atoms with Crippen molar-refractivity contribution in [3.63, 3.8) is 0 Å². The van der Waals surface area contributed by atoms with E-state index in [0.717, 1.165) is 51.9 Å². The quantitative estimate of drug-likeness (QED) is 0.887. The summed E-state index contributed by atoms with van der Waals surface area (Å²) in [5.41, 5.74) is 5.52. The molecule has 3 heteroatoms. The fraction of sp³-hybridized carbons (Fsp3) is 0.458. The molecule has 0 aromatic heterocycles. The molecule has 2 aliphatic rings. The van der Waals surface area contributed by atoms with E-state index in [1.165, 1.54) is 28.8 Å². The van der Waals surface area contributed by atoms with Crippen LogP contribution in [0.15, 0.2) is 48.5 Å². The molecule has 0 spiro atoms. The average molecular weight is 364 g/mol. The first-order chi connectivity index (χ1) is 13.2. The van der Waals surface area contributed by atoms with E-state index in [4.69, 9.17) is 0 Å². The molecule has 0 radical (unpaired) electrons. The Morgan fingerprint density at radius 1 is 1.07 bits per heavy atom. The maximum atomic E-state index is 13.2. The molecule has 1 amide bonds. The smallest absolute Gasteiger partial charge is 0.231 e. The Kier molecular flexibility index (Phi) is 5.58. The number of aryl methyl sites for hydroxylation is 1. The highest BCUT2D eigenvalue weighted by Crippen LogP contribution is 2.21. The second kappa shape index (κ2) is 8.26. The minimum absolute atomic E-state index is 0.189. The summed E-state index contributed by atoms with van der Waals surface area (Å²) >= 11 is 0. The molecule has 3 nitrogen and oxygen atoms in total. The van der Waals surface area contributed by atoms with Gasteiger partial charge < -0.3 is 9.80 Å². The molecular formula is C24H31N2O+. The summed E-state index contributed by atoms with van der Waals surface area (Å²) in [4.78, 5) is 16.8. The molecule has 2 heterocycles. The van der Waals surface area contributed by atoms with Gasteiger partial charge in [0.15, 0.2) is 0 Å². The topological polar surface area (TPSA) is 24.8 Å². The molecule has 1 unspecified atom stereocenters. The number of carbonyl (C=O) groups is 1. The molecule has 1 fully saturated rings. The largest absolute Gasteiger partial charge is 0.338 e. The Balaban J connectivity index is 1.37. The summed E-state index contributed by atoms with van der Waals surface area (Å²) in [7, 11) is 0. The van der Waals surface area contributed by atoms with E-state index in [2.05, 4.69) is 60.4 Å². The first-order valence-electron chi connectivity index (χ1n) is 10.5. The lowest BCUT2D eigenvalue weighted by Crippen LogP contribution is -3.12. The van der Waals surface area contributed by atoms with Gasteiger partial charge in [-0.15, -0.1) is 0 Å². The second-order valence-corrected chi connectivity index (χ2v) is 8.17. The Morgan fingerprint density at radius 3 is 2.59 bits per heavy atom. The number of likely N-dealkylation sites (tertiary alicyclic amines) is 1. The third-order valence-corrected chi connectivity index (χ3v) is 6.29. The fourth-order valence-electron chi connectivity index (χ4n) is 4.65. The molecule has 27 heavy (non-hydrogen) atoms. The first kappa shape index (κ1) is 18.2. The van der Waals surface area contributed by atoms with Crippen molar-refractivity contribution in [2.45, 2.75) is 45.7 Å². The van der Waals surface area contributed by atoms with Crippen molar-refractivity contribution in [1.29, 1.82) is 0 Å². The van der Waals surface area contributed by atoms with Crippen molar-refractivity contribution < 1.29 is 9.69 Å². The molecule has 1 saturated heterocycles. The third kappa shape index (κ3) is 4.24. The van der Waals surface area contributed by atoms with Crippen molar-refractivity contribution in [3.8, 4) is 0 Å². The third-order valence-electron chi connectivity index (χ3n) is 6.29. The second-order valence-electron chi connectivity index (χ2n) is 8.17. The van der Waals surface area contributed by atoms with Crippen LogP contribution in [0.3, 0.4) is 0 Å². The number of piperidine rings is 1. The van der Waals surface area contributed by atoms with Crippen LogP contribution in [0, 0.1) is 5.92 Å². The number of nitrogens with one attached hydrogen (secondary N) is 1. The van der Waals surface area contributed by atoms with E-state index >= 15 is 0 Å². The summed E-state index contributed by atoms with van der Waals surface area (Å²) in [6.07, 6.45) is 4.29. The number of rotatable bonds is 4. The van der Waals surface area contributed by atoms with Crippen LogP contribution in [0.4, 0.5) is 0 Å². The summed E-state index contributed by atoms with van der Waals surface area (Å²) in [6.45, 7) is 7.06. The molecule has 0 bridgehead atoms. The Morgan fingerprint density at radius 2 is 1.81 bits per heavy atom. The summed E-state index contributed by atoms with van der Waals surface area (Å²) < 4.78 is 0. The van der Waals surface area contributed by atoms with Crippen LogP contribution in [0.2, 0.25) is 0 Å². The van der Waals surface area contributed by atoms with Gasteiger partial charge in [0.2, 0.25) is 5.91 Å². The molecule has 0 saturated carbocycles. The van der Waals surface area contributed by atoms with Crippen LogP contribution in [0.5, 0.6) is 0 Å². The molecule has 2 aromatic carbocycles. The standard InChI is InChI=1S/C24H30N2O/c1-2-19-9-11-20(12-10-19)16-25-14-5-8-23(17-25)24(27)26-15-13-21-6-3-4-7-22(21)18-26/h3-4,6-7,9-12,23H,2,5,8,13-18H2,1H3/p+1/t23-/m0/s1. The number of hydrogen-bond donors (Lipinski definition) is 1. The minimum atomic E-state index is 0.189. The van der Waals surface area contributed by atoms with Crippen molar-refractivity contribution in [1.82, 2.24) is 4.90 Å². The zero-order chi connectivity index (χ0) is 18.6. The number of carbonyl (C=O) groups excluding carboxylic acids is 1. The van der Waals surface area contributed by atoms with Gasteiger partial charge in [-0.1, -0.05) is 55.5 Å². The van der Waals surface area contributed by atoms with Gasteiger partial charge in [-0.2, -0.15) is 0 Å². The van der Waals surface area contributed by atoms with Crippen molar-refractivity contribution in [3.05, 3.63) is 70.8 Å². The lowest BCUT2D eigenvalue weighted by atomic mass is 9.93. The zero-order valence-electron chi connectivity index (χ0n) is 16.4. The Hall–Kier alpha value is -2.13. The van der Waals surface area contributed by atoms with Gasteiger partial charge >= 0.3 is 0 Å². The number of fused-ring (bicyclic) bond motifs is 1. The van der Waals surface area contributed by atoms with E-state index in [-0.39, 0.29) is 5.92 Å². The van der Waals surface area contributed by atoms with E-state index in [1.54, 1.807) is 4.90 Å². The Bertz CT molecular complexity index is 783. The Labute approximate surface area is 163 Å². The normalized spacial score (nSPS) is 22.3. The van der Waals surface area contributed by atoms with Gasteiger partial charge in [0, 0.05) is 18.7 Å². The number of amides is 1. The van der Waals surface area contributed by atoms with Gasteiger partial charge in [0.05, 0.1) is 19.0 Å². The molecule has 0 aliphatic carbocycles. The van der Waals surface area contributed by atoms with Crippen LogP contribution in [0.25, 0.3) is 0 Å². The van der Waals surface area contributed by atoms with Gasteiger partial charge in [-0.05, 0) is 42.4 Å². The highest BCUT2D eigenvalue weighted by molar-refractivity contribution is 5.79. The molecule has 2 aromatic rings. The number of benzene rings is 2. The lowest BCUT2D eigenvalue weighted by Gasteiger charge is -2.35. The predicted molar refractivity (Wildman–Crippen MR) is 109 cm³/mol. The highest BCUT2D eigenvalue weighted by Gasteiger charge is 2.33. The average Bonchev–Trinajstić information content (AvgIpc) is 2.73. The zero-order valence-corrected chi connectivity index (χ0v) is 16.4. The van der Waals surface area contributed by atoms with Crippen LogP contribution in [-0.4, -0.2) is 30.4 Å². The SMILES string of the molecule is CCc1ccc(C[NH+]2CCC[C@H](C(=O)N3CCc4ccccc4C3)C2)cc1. The lowest BCUT2D eigenvalue weighted by molar-refractivity contribution is -0.921. The van der Waals surface area contributed by atoms with Gasteiger partial charge in [-0.3, -0.25) is 4.79 Å².